The van der Waals surface area contributed by atoms with E-state index in [2.05, 4.69) is 15.2 Å². The first-order valence-electron chi connectivity index (χ1n) is 4.54. The van der Waals surface area contributed by atoms with Crippen LogP contribution < -0.4 is 5.73 Å². The fourth-order valence-electron chi connectivity index (χ4n) is 1.38. The molecule has 2 rings (SSSR count). The fraction of sp³-hybridized carbons (Fsp3) is 0.100. The zero-order valence-corrected chi connectivity index (χ0v) is 8.07. The van der Waals surface area contributed by atoms with Crippen molar-refractivity contribution in [3.63, 3.8) is 0 Å². The molecule has 0 radical (unpaired) electrons. The molecular weight excluding hydrogens is 190 g/mol. The van der Waals surface area contributed by atoms with Crippen LogP contribution in [-0.4, -0.2) is 21.0 Å². The van der Waals surface area contributed by atoms with Crippen molar-refractivity contribution in [1.29, 1.82) is 5.41 Å². The molecule has 0 fully saturated rings. The number of H-pyrrole nitrogens is 1. The van der Waals surface area contributed by atoms with Crippen LogP contribution in [0.1, 0.15) is 5.56 Å². The van der Waals surface area contributed by atoms with Crippen LogP contribution in [-0.2, 0) is 6.42 Å². The summed E-state index contributed by atoms with van der Waals surface area (Å²) < 4.78 is 0. The van der Waals surface area contributed by atoms with Gasteiger partial charge in [-0.2, -0.15) is 5.10 Å². The van der Waals surface area contributed by atoms with Crippen LogP contribution >= 0.6 is 0 Å². The van der Waals surface area contributed by atoms with Crippen molar-refractivity contribution in [3.8, 4) is 11.4 Å². The summed E-state index contributed by atoms with van der Waals surface area (Å²) in [5.74, 6) is 0.119. The van der Waals surface area contributed by atoms with E-state index in [4.69, 9.17) is 11.1 Å². The smallest absolute Gasteiger partial charge is 0.0951 e. The van der Waals surface area contributed by atoms with E-state index in [1.807, 2.05) is 18.2 Å². The second-order valence-corrected chi connectivity index (χ2v) is 3.19. The molecule has 0 saturated heterocycles. The highest BCUT2D eigenvalue weighted by molar-refractivity contribution is 5.81. The molecule has 0 aromatic carbocycles. The molecule has 0 spiro atoms. The zero-order valence-electron chi connectivity index (χ0n) is 8.07. The van der Waals surface area contributed by atoms with Gasteiger partial charge >= 0.3 is 0 Å². The minimum Gasteiger partial charge on any atom is -0.387 e. The molecule has 2 heterocycles. The Balaban J connectivity index is 2.37. The van der Waals surface area contributed by atoms with Gasteiger partial charge in [-0.25, -0.2) is 0 Å². The van der Waals surface area contributed by atoms with E-state index in [0.717, 1.165) is 17.0 Å². The molecule has 4 N–H and O–H groups in total. The van der Waals surface area contributed by atoms with Gasteiger partial charge in [-0.3, -0.25) is 15.5 Å². The Kier molecular flexibility index (Phi) is 2.45. The predicted octanol–water partition coefficient (Wildman–Crippen LogP) is 0.950. The van der Waals surface area contributed by atoms with E-state index in [1.54, 1.807) is 12.4 Å². The Labute approximate surface area is 86.9 Å². The molecule has 0 aliphatic carbocycles. The summed E-state index contributed by atoms with van der Waals surface area (Å²) in [5.41, 5.74) is 7.88. The first kappa shape index (κ1) is 9.39. The van der Waals surface area contributed by atoms with E-state index in [9.17, 15) is 0 Å². The average molecular weight is 201 g/mol. The number of aromatic amines is 1. The summed E-state index contributed by atoms with van der Waals surface area (Å²) in [5, 5.41) is 14.0. The van der Waals surface area contributed by atoms with Crippen molar-refractivity contribution < 1.29 is 0 Å². The van der Waals surface area contributed by atoms with E-state index in [1.165, 1.54) is 0 Å². The van der Waals surface area contributed by atoms with Crippen LogP contribution in [0, 0.1) is 5.41 Å². The van der Waals surface area contributed by atoms with Gasteiger partial charge in [0.25, 0.3) is 0 Å². The van der Waals surface area contributed by atoms with Crippen LogP contribution in [0.3, 0.4) is 0 Å². The minimum atomic E-state index is 0.119. The number of pyridine rings is 1. The number of nitrogens with zero attached hydrogens (tertiary/aromatic N) is 2. The molecule has 0 unspecified atom stereocenters. The molecule has 0 aliphatic heterocycles. The van der Waals surface area contributed by atoms with E-state index in [-0.39, 0.29) is 5.84 Å². The maximum Gasteiger partial charge on any atom is 0.0951 e. The van der Waals surface area contributed by atoms with E-state index >= 15 is 0 Å². The molecule has 5 nitrogen and oxygen atoms in total. The van der Waals surface area contributed by atoms with Crippen LogP contribution in [0.2, 0.25) is 0 Å². The highest BCUT2D eigenvalue weighted by Gasteiger charge is 2.08. The van der Waals surface area contributed by atoms with Gasteiger partial charge in [-0.05, 0) is 12.1 Å². The van der Waals surface area contributed by atoms with Crippen LogP contribution in [0.15, 0.2) is 30.6 Å². The van der Waals surface area contributed by atoms with Gasteiger partial charge in [-0.15, -0.1) is 0 Å². The molecule has 2 aromatic heterocycles. The number of nitrogens with two attached hydrogens (primary N) is 1. The van der Waals surface area contributed by atoms with E-state index in [0.29, 0.717) is 6.42 Å². The molecule has 0 bridgehead atoms. The summed E-state index contributed by atoms with van der Waals surface area (Å²) in [7, 11) is 0. The second kappa shape index (κ2) is 3.91. The standard InChI is InChI=1S/C10H11N5/c11-9(12)5-7-6-14-15-10(7)8-3-1-2-4-13-8/h1-4,6H,5H2,(H3,11,12)(H,14,15). The summed E-state index contributed by atoms with van der Waals surface area (Å²) in [6, 6.07) is 5.64. The third-order valence-electron chi connectivity index (χ3n) is 2.02. The maximum absolute atomic E-state index is 7.25. The van der Waals surface area contributed by atoms with Crippen molar-refractivity contribution in [2.75, 3.05) is 0 Å². The first-order valence-corrected chi connectivity index (χ1v) is 4.54. The molecular formula is C10H11N5. The number of hydrogen-bond donors (Lipinski definition) is 3. The monoisotopic (exact) mass is 201 g/mol. The highest BCUT2D eigenvalue weighted by Crippen LogP contribution is 2.18. The second-order valence-electron chi connectivity index (χ2n) is 3.19. The lowest BCUT2D eigenvalue weighted by atomic mass is 10.1. The molecule has 2 aromatic rings. The zero-order chi connectivity index (χ0) is 10.7. The number of amidine groups is 1. The Morgan fingerprint density at radius 3 is 3.00 bits per heavy atom. The maximum atomic E-state index is 7.25. The van der Waals surface area contributed by atoms with Crippen molar-refractivity contribution >= 4 is 5.84 Å². The lowest BCUT2D eigenvalue weighted by Gasteiger charge is -2.00. The van der Waals surface area contributed by atoms with Crippen LogP contribution in [0.25, 0.3) is 11.4 Å². The summed E-state index contributed by atoms with van der Waals surface area (Å²) in [6.45, 7) is 0. The van der Waals surface area contributed by atoms with Gasteiger partial charge in [0.1, 0.15) is 0 Å². The highest BCUT2D eigenvalue weighted by atomic mass is 15.1. The molecule has 0 atom stereocenters. The molecule has 0 amide bonds. The van der Waals surface area contributed by atoms with Gasteiger partial charge in [0, 0.05) is 18.2 Å². The Hall–Kier alpha value is -2.17. The Bertz CT molecular complexity index is 460. The molecule has 15 heavy (non-hydrogen) atoms. The third kappa shape index (κ3) is 2.01. The summed E-state index contributed by atoms with van der Waals surface area (Å²) in [6.07, 6.45) is 3.78. The van der Waals surface area contributed by atoms with Crippen molar-refractivity contribution in [1.82, 2.24) is 15.2 Å². The number of rotatable bonds is 3. The van der Waals surface area contributed by atoms with Gasteiger partial charge < -0.3 is 5.73 Å². The quantitative estimate of drug-likeness (QED) is 0.510. The van der Waals surface area contributed by atoms with E-state index < -0.39 is 0 Å². The lowest BCUT2D eigenvalue weighted by molar-refractivity contribution is 1.09. The van der Waals surface area contributed by atoms with Crippen molar-refractivity contribution in [2.24, 2.45) is 5.73 Å². The minimum absolute atomic E-state index is 0.119. The summed E-state index contributed by atoms with van der Waals surface area (Å²) >= 11 is 0. The summed E-state index contributed by atoms with van der Waals surface area (Å²) in [4.78, 5) is 4.21. The largest absolute Gasteiger partial charge is 0.387 e. The molecule has 0 aliphatic rings. The fourth-order valence-corrected chi connectivity index (χ4v) is 1.38. The first-order chi connectivity index (χ1) is 7.27. The SMILES string of the molecule is N=C(N)Cc1cn[nH]c1-c1ccccn1. The third-order valence-corrected chi connectivity index (χ3v) is 2.02. The molecule has 0 saturated carbocycles. The van der Waals surface area contributed by atoms with Gasteiger partial charge in [0.2, 0.25) is 0 Å². The van der Waals surface area contributed by atoms with Gasteiger partial charge in [0.15, 0.2) is 0 Å². The predicted molar refractivity (Wildman–Crippen MR) is 57.4 cm³/mol. The van der Waals surface area contributed by atoms with Crippen LogP contribution in [0.5, 0.6) is 0 Å². The Morgan fingerprint density at radius 1 is 1.47 bits per heavy atom. The molecule has 76 valence electrons. The van der Waals surface area contributed by atoms with Gasteiger partial charge in [-0.1, -0.05) is 6.07 Å². The van der Waals surface area contributed by atoms with Crippen molar-refractivity contribution in [2.45, 2.75) is 6.42 Å². The molecule has 5 heteroatoms. The number of aromatic nitrogens is 3. The average Bonchev–Trinajstić information content (AvgIpc) is 2.66. The number of nitrogens with one attached hydrogen (secondary N) is 2. The van der Waals surface area contributed by atoms with Gasteiger partial charge in [0.05, 0.1) is 23.4 Å². The van der Waals surface area contributed by atoms with Crippen molar-refractivity contribution in [3.05, 3.63) is 36.2 Å². The lowest BCUT2D eigenvalue weighted by Crippen LogP contribution is -2.12. The number of hydrogen-bond acceptors (Lipinski definition) is 3. The topological polar surface area (TPSA) is 91.4 Å². The normalized spacial score (nSPS) is 10.1. The van der Waals surface area contributed by atoms with Crippen LogP contribution in [0.4, 0.5) is 0 Å². The Morgan fingerprint density at radius 2 is 2.33 bits per heavy atom.